The minimum absolute atomic E-state index is 0.0235. The van der Waals surface area contributed by atoms with Gasteiger partial charge < -0.3 is 20.8 Å². The van der Waals surface area contributed by atoms with Gasteiger partial charge in [-0.25, -0.2) is 30.2 Å². The number of urea groups is 1. The summed E-state index contributed by atoms with van der Waals surface area (Å²) >= 11 is 0. The maximum Gasteiger partial charge on any atom is 0.323 e. The number of nitrogens with one attached hydrogen (secondary N) is 2. The number of hydrogen-bond acceptors (Lipinski definition) is 11. The number of fused-ring (bicyclic) bond motifs is 8. The fourth-order valence-corrected chi connectivity index (χ4v) is 12.2. The van der Waals surface area contributed by atoms with Crippen LogP contribution in [-0.2, 0) is 40.3 Å². The third kappa shape index (κ3) is 5.27. The Hall–Kier alpha value is -5.97. The molecule has 0 aromatic heterocycles. The highest BCUT2D eigenvalue weighted by Gasteiger charge is 2.41. The number of phenolic OH excluding ortho intramolecular Hbond substituents is 2. The molecule has 6 aromatic rings. The molecular weight excluding hydrogens is 813 g/mol. The number of nitrogens with zero attached hydrogens (tertiary/aromatic N) is 2. The summed E-state index contributed by atoms with van der Waals surface area (Å²) in [6.45, 7) is 3.03. The number of carbonyl (C=O) groups is 1. The van der Waals surface area contributed by atoms with Crippen molar-refractivity contribution in [2.24, 2.45) is 0 Å². The minimum atomic E-state index is -4.84. The van der Waals surface area contributed by atoms with Crippen molar-refractivity contribution < 1.29 is 57.8 Å². The summed E-state index contributed by atoms with van der Waals surface area (Å²) in [5, 5.41) is 25.5. The molecule has 0 aliphatic carbocycles. The van der Waals surface area contributed by atoms with Gasteiger partial charge in [0, 0.05) is 21.5 Å². The highest BCUT2D eigenvalue weighted by molar-refractivity contribution is 7.94. The van der Waals surface area contributed by atoms with Crippen LogP contribution in [0.5, 0.6) is 11.5 Å². The molecule has 10 rings (SSSR count). The molecule has 288 valence electrons. The van der Waals surface area contributed by atoms with Gasteiger partial charge in [-0.2, -0.15) is 16.8 Å². The Kier molecular flexibility index (Phi) is 7.93. The van der Waals surface area contributed by atoms with E-state index in [1.54, 1.807) is 0 Å². The van der Waals surface area contributed by atoms with Crippen LogP contribution in [-0.4, -0.2) is 59.0 Å². The van der Waals surface area contributed by atoms with E-state index >= 15 is 0 Å². The summed E-state index contributed by atoms with van der Waals surface area (Å²) in [6.07, 6.45) is 0. The molecular formula is C35H26N4O13S4. The molecule has 0 spiro atoms. The Morgan fingerprint density at radius 1 is 0.554 bits per heavy atom. The Balaban J connectivity index is 1.16. The number of carbonyl (C=O) groups excluding carboxylic acids is 1. The molecule has 0 fully saturated rings. The summed E-state index contributed by atoms with van der Waals surface area (Å²) in [5.74, 6) is -1.06. The van der Waals surface area contributed by atoms with Gasteiger partial charge in [0.15, 0.2) is 0 Å². The van der Waals surface area contributed by atoms with Crippen LogP contribution in [0.4, 0.5) is 38.9 Å². The van der Waals surface area contributed by atoms with E-state index in [1.165, 1.54) is 74.5 Å². The summed E-state index contributed by atoms with van der Waals surface area (Å²) in [7, 11) is -18.7. The van der Waals surface area contributed by atoms with Gasteiger partial charge in [-0.15, -0.1) is 0 Å². The Labute approximate surface area is 318 Å². The Bertz CT molecular complexity index is 3050. The smallest absolute Gasteiger partial charge is 0.323 e. The fraction of sp³-hybridized carbons (Fsp3) is 0.0571. The maximum absolute atomic E-state index is 14.1. The zero-order valence-corrected chi connectivity index (χ0v) is 31.8. The van der Waals surface area contributed by atoms with Gasteiger partial charge in [-0.1, -0.05) is 24.3 Å². The van der Waals surface area contributed by atoms with Gasteiger partial charge in [-0.05, 0) is 85.6 Å². The fourth-order valence-electron chi connectivity index (χ4n) is 7.23. The van der Waals surface area contributed by atoms with Crippen molar-refractivity contribution in [1.82, 2.24) is 0 Å². The van der Waals surface area contributed by atoms with Gasteiger partial charge in [0.05, 0.1) is 34.1 Å². The van der Waals surface area contributed by atoms with Gasteiger partial charge >= 0.3 is 6.03 Å². The monoisotopic (exact) mass is 838 g/mol. The first-order valence-electron chi connectivity index (χ1n) is 16.1. The van der Waals surface area contributed by atoms with Crippen LogP contribution in [0.3, 0.4) is 0 Å². The lowest BCUT2D eigenvalue weighted by Crippen LogP contribution is -2.35. The lowest BCUT2D eigenvalue weighted by atomic mass is 10.1. The van der Waals surface area contributed by atoms with E-state index in [9.17, 15) is 57.8 Å². The molecule has 4 aliphatic heterocycles. The second kappa shape index (κ2) is 12.0. The summed E-state index contributed by atoms with van der Waals surface area (Å²) in [6, 6.07) is 16.4. The molecule has 4 heterocycles. The number of benzene rings is 6. The molecule has 0 radical (unpaired) electrons. The van der Waals surface area contributed by atoms with E-state index in [4.69, 9.17) is 0 Å². The van der Waals surface area contributed by atoms with Crippen molar-refractivity contribution in [2.45, 2.75) is 33.4 Å². The van der Waals surface area contributed by atoms with Crippen LogP contribution < -0.4 is 19.2 Å². The SMILES string of the molecule is Cc1c2ccc(c1NC(=O)Nc1c3ccc(c1C)N(c1ccc(O)c4c(S(=O)(=O)O)cccc14)S3(=O)=O)S(=O)(=O)N2c1ccc(O)c2c(S(=O)(=O)O)cccc12. The molecule has 0 saturated heterocycles. The molecule has 4 bridgehead atoms. The zero-order valence-electron chi connectivity index (χ0n) is 28.6. The second-order valence-electron chi connectivity index (χ2n) is 12.8. The first kappa shape index (κ1) is 37.0. The van der Waals surface area contributed by atoms with E-state index in [2.05, 4.69) is 10.6 Å². The summed E-state index contributed by atoms with van der Waals surface area (Å²) in [4.78, 5) is 11.6. The van der Waals surface area contributed by atoms with E-state index in [-0.39, 0.29) is 76.6 Å². The lowest BCUT2D eigenvalue weighted by Gasteiger charge is -2.35. The molecule has 2 amide bonds. The van der Waals surface area contributed by atoms with Crippen molar-refractivity contribution >= 4 is 102 Å². The van der Waals surface area contributed by atoms with Crippen LogP contribution in [0.15, 0.2) is 105 Å². The van der Waals surface area contributed by atoms with Crippen molar-refractivity contribution in [3.05, 3.63) is 96.1 Å². The quantitative estimate of drug-likeness (QED) is 0.108. The molecule has 6 N–H and O–H groups in total. The number of anilines is 6. The maximum atomic E-state index is 14.1. The molecule has 4 aliphatic rings. The standard InChI is InChI=1S/C35H26N4O13S4/c1-17-21-11-15-29(53(43,44)38(21)23-9-13-25(40)31-19(23)5-3-7-27(31)55(47,48)49)33(17)36-35(42)37-34-18(2)22-12-16-30(34)54(45,46)39(22)24-10-14-26(41)32-20(24)6-4-8-28(32)56(50,51)52/h3-16,40-41H,1-2H3,(H2,36,37,42)(H,47,48,49)(H,50,51,52). The third-order valence-corrected chi connectivity index (χ3v) is 15.0. The summed E-state index contributed by atoms with van der Waals surface area (Å²) in [5.41, 5.74) is 0.201. The van der Waals surface area contributed by atoms with Crippen LogP contribution in [0.2, 0.25) is 0 Å². The number of rotatable bonds is 6. The summed E-state index contributed by atoms with van der Waals surface area (Å²) < 4.78 is 126. The van der Waals surface area contributed by atoms with Gasteiger partial charge in [0.25, 0.3) is 40.3 Å². The van der Waals surface area contributed by atoms with E-state index in [1.807, 2.05) is 0 Å². The van der Waals surface area contributed by atoms with E-state index in [0.29, 0.717) is 0 Å². The van der Waals surface area contributed by atoms with Crippen LogP contribution in [0.25, 0.3) is 21.5 Å². The Morgan fingerprint density at radius 2 is 0.911 bits per heavy atom. The molecule has 21 heteroatoms. The van der Waals surface area contributed by atoms with Crippen LogP contribution >= 0.6 is 0 Å². The number of sulfonamides is 2. The normalized spacial score (nSPS) is 15.4. The second-order valence-corrected chi connectivity index (χ2v) is 19.1. The van der Waals surface area contributed by atoms with Gasteiger partial charge in [0.2, 0.25) is 0 Å². The predicted octanol–water partition coefficient (Wildman–Crippen LogP) is 5.84. The average molecular weight is 839 g/mol. The van der Waals surface area contributed by atoms with E-state index < -0.39 is 67.6 Å². The molecule has 6 aromatic carbocycles. The largest absolute Gasteiger partial charge is 0.507 e. The first-order chi connectivity index (χ1) is 26.2. The molecule has 0 saturated carbocycles. The van der Waals surface area contributed by atoms with Crippen LogP contribution in [0.1, 0.15) is 11.1 Å². The predicted molar refractivity (Wildman–Crippen MR) is 205 cm³/mol. The number of amides is 2. The minimum Gasteiger partial charge on any atom is -0.507 e. The first-order valence-corrected chi connectivity index (χ1v) is 21.8. The number of hydrogen-bond donors (Lipinski definition) is 6. The third-order valence-electron chi connectivity index (χ3n) is 9.66. The zero-order chi connectivity index (χ0) is 40.4. The molecule has 0 atom stereocenters. The number of aromatic hydroxyl groups is 2. The molecule has 56 heavy (non-hydrogen) atoms. The Morgan fingerprint density at radius 3 is 1.27 bits per heavy atom. The molecule has 0 unspecified atom stereocenters. The average Bonchev–Trinajstić information content (AvgIpc) is 3.11. The van der Waals surface area contributed by atoms with Gasteiger partial charge in [0.1, 0.15) is 31.1 Å². The van der Waals surface area contributed by atoms with Gasteiger partial charge in [-0.3, -0.25) is 9.11 Å². The lowest BCUT2D eigenvalue weighted by molar-refractivity contribution is 0.262. The highest BCUT2D eigenvalue weighted by atomic mass is 32.2. The van der Waals surface area contributed by atoms with Crippen molar-refractivity contribution in [1.29, 1.82) is 0 Å². The van der Waals surface area contributed by atoms with Crippen molar-refractivity contribution in [3.8, 4) is 11.5 Å². The topological polar surface area (TPSA) is 265 Å². The van der Waals surface area contributed by atoms with E-state index in [0.717, 1.165) is 32.9 Å². The number of phenols is 2. The highest BCUT2D eigenvalue weighted by Crippen LogP contribution is 2.51. The van der Waals surface area contributed by atoms with Crippen molar-refractivity contribution in [3.63, 3.8) is 0 Å². The van der Waals surface area contributed by atoms with Crippen LogP contribution in [0, 0.1) is 13.8 Å². The molecule has 17 nitrogen and oxygen atoms in total. The van der Waals surface area contributed by atoms with Crippen molar-refractivity contribution in [2.75, 3.05) is 19.2 Å².